The van der Waals surface area contributed by atoms with Crippen LogP contribution in [0.15, 0.2) is 30.7 Å². The number of aromatic nitrogens is 4. The summed E-state index contributed by atoms with van der Waals surface area (Å²) in [7, 11) is 0. The molecule has 1 aliphatic heterocycles. The minimum atomic E-state index is -4.64. The van der Waals surface area contributed by atoms with Gasteiger partial charge in [-0.1, -0.05) is 6.07 Å². The fourth-order valence-corrected chi connectivity index (χ4v) is 2.93. The van der Waals surface area contributed by atoms with E-state index in [0.29, 0.717) is 13.0 Å². The van der Waals surface area contributed by atoms with Crippen molar-refractivity contribution in [2.24, 2.45) is 0 Å². The number of H-pyrrole nitrogens is 1. The van der Waals surface area contributed by atoms with E-state index in [1.54, 1.807) is 12.4 Å². The summed E-state index contributed by atoms with van der Waals surface area (Å²) in [6.07, 6.45) is -1.28. The van der Waals surface area contributed by atoms with Crippen molar-refractivity contribution in [2.75, 3.05) is 6.54 Å². The normalized spacial score (nSPS) is 14.9. The maximum absolute atomic E-state index is 13.2. The van der Waals surface area contributed by atoms with Crippen molar-refractivity contribution in [1.82, 2.24) is 24.3 Å². The zero-order valence-electron chi connectivity index (χ0n) is 12.3. The average Bonchev–Trinajstić information content (AvgIpc) is 3.17. The van der Waals surface area contributed by atoms with Gasteiger partial charge in [-0.2, -0.15) is 13.2 Å². The number of alkyl halides is 3. The van der Waals surface area contributed by atoms with E-state index >= 15 is 0 Å². The lowest BCUT2D eigenvalue weighted by Crippen LogP contribution is -2.36. The monoisotopic (exact) mass is 335 g/mol. The van der Waals surface area contributed by atoms with Gasteiger partial charge in [-0.05, 0) is 12.1 Å². The van der Waals surface area contributed by atoms with Crippen LogP contribution in [0.5, 0.6) is 0 Å². The Morgan fingerprint density at radius 3 is 2.92 bits per heavy atom. The SMILES string of the molecule is O=C(c1nc(C(F)(F)F)n2ccccc12)N1CCc2nc[nH]c2C1. The molecule has 0 fully saturated rings. The number of rotatable bonds is 1. The smallest absolute Gasteiger partial charge is 0.347 e. The lowest BCUT2D eigenvalue weighted by molar-refractivity contribution is -0.145. The Labute approximate surface area is 133 Å². The third-order valence-electron chi connectivity index (χ3n) is 4.07. The molecule has 0 bridgehead atoms. The predicted octanol–water partition coefficient (Wildman–Crippen LogP) is 2.27. The molecule has 3 aromatic rings. The summed E-state index contributed by atoms with van der Waals surface area (Å²) < 4.78 is 40.4. The first-order valence-electron chi connectivity index (χ1n) is 7.30. The molecular formula is C15H12F3N5O. The van der Waals surface area contributed by atoms with Crippen LogP contribution >= 0.6 is 0 Å². The second-order valence-corrected chi connectivity index (χ2v) is 5.54. The van der Waals surface area contributed by atoms with Gasteiger partial charge < -0.3 is 9.88 Å². The summed E-state index contributed by atoms with van der Waals surface area (Å²) in [5, 5.41) is 0. The molecule has 3 aromatic heterocycles. The molecule has 1 amide bonds. The van der Waals surface area contributed by atoms with E-state index in [4.69, 9.17) is 0 Å². The fraction of sp³-hybridized carbons (Fsp3) is 0.267. The predicted molar refractivity (Wildman–Crippen MR) is 77.2 cm³/mol. The van der Waals surface area contributed by atoms with Crippen molar-refractivity contribution >= 4 is 11.4 Å². The Balaban J connectivity index is 1.76. The second-order valence-electron chi connectivity index (χ2n) is 5.54. The zero-order chi connectivity index (χ0) is 16.9. The Kier molecular flexibility index (Phi) is 3.12. The van der Waals surface area contributed by atoms with Crippen molar-refractivity contribution in [3.05, 3.63) is 53.6 Å². The molecule has 1 N–H and O–H groups in total. The Bertz CT molecular complexity index is 927. The summed E-state index contributed by atoms with van der Waals surface area (Å²) in [5.41, 5.74) is 1.63. The van der Waals surface area contributed by atoms with Gasteiger partial charge in [-0.15, -0.1) is 0 Å². The topological polar surface area (TPSA) is 66.3 Å². The standard InChI is InChI=1S/C15H12F3N5O/c16-15(17,18)14-21-12(11-3-1-2-5-23(11)14)13(24)22-6-4-9-10(7-22)20-8-19-9/h1-3,5,8H,4,6-7H2,(H,19,20). The lowest BCUT2D eigenvalue weighted by Gasteiger charge is -2.25. The molecule has 0 saturated carbocycles. The number of carbonyl (C=O) groups excluding carboxylic acids is 1. The third kappa shape index (κ3) is 2.24. The van der Waals surface area contributed by atoms with Crippen LogP contribution in [-0.4, -0.2) is 36.7 Å². The van der Waals surface area contributed by atoms with Crippen LogP contribution < -0.4 is 0 Å². The van der Waals surface area contributed by atoms with Gasteiger partial charge in [0.05, 0.1) is 29.8 Å². The number of pyridine rings is 1. The van der Waals surface area contributed by atoms with Gasteiger partial charge in [0.25, 0.3) is 5.91 Å². The average molecular weight is 335 g/mol. The number of hydrogen-bond donors (Lipinski definition) is 1. The largest absolute Gasteiger partial charge is 0.450 e. The van der Waals surface area contributed by atoms with Crippen molar-refractivity contribution in [3.8, 4) is 0 Å². The first-order valence-corrected chi connectivity index (χ1v) is 7.30. The van der Waals surface area contributed by atoms with Crippen LogP contribution in [-0.2, 0) is 19.1 Å². The van der Waals surface area contributed by atoms with Crippen LogP contribution in [0.1, 0.15) is 27.7 Å². The molecule has 0 aromatic carbocycles. The van der Waals surface area contributed by atoms with E-state index < -0.39 is 17.9 Å². The Morgan fingerprint density at radius 2 is 2.12 bits per heavy atom. The van der Waals surface area contributed by atoms with Gasteiger partial charge in [0, 0.05) is 19.2 Å². The van der Waals surface area contributed by atoms with Crippen molar-refractivity contribution in [2.45, 2.75) is 19.1 Å². The maximum atomic E-state index is 13.2. The number of aromatic amines is 1. The molecule has 9 heteroatoms. The summed E-state index contributed by atoms with van der Waals surface area (Å²) in [5.74, 6) is -1.62. The first-order chi connectivity index (χ1) is 11.4. The molecule has 4 rings (SSSR count). The van der Waals surface area contributed by atoms with Gasteiger partial charge in [-0.25, -0.2) is 9.97 Å². The number of hydrogen-bond acceptors (Lipinski definition) is 3. The van der Waals surface area contributed by atoms with Crippen molar-refractivity contribution < 1.29 is 18.0 Å². The van der Waals surface area contributed by atoms with Crippen molar-refractivity contribution in [3.63, 3.8) is 0 Å². The van der Waals surface area contributed by atoms with E-state index in [0.717, 1.165) is 15.8 Å². The fourth-order valence-electron chi connectivity index (χ4n) is 2.93. The first kappa shape index (κ1) is 14.7. The van der Waals surface area contributed by atoms with Gasteiger partial charge in [0.2, 0.25) is 5.82 Å². The lowest BCUT2D eigenvalue weighted by atomic mass is 10.1. The molecule has 0 radical (unpaired) electrons. The van der Waals surface area contributed by atoms with Gasteiger partial charge in [-0.3, -0.25) is 9.20 Å². The number of carbonyl (C=O) groups is 1. The maximum Gasteiger partial charge on any atom is 0.450 e. The summed E-state index contributed by atoms with van der Waals surface area (Å²) in [4.78, 5) is 24.9. The molecule has 0 saturated heterocycles. The summed E-state index contributed by atoms with van der Waals surface area (Å²) in [6.45, 7) is 0.672. The number of nitrogens with zero attached hydrogens (tertiary/aromatic N) is 4. The van der Waals surface area contributed by atoms with E-state index in [1.165, 1.54) is 23.2 Å². The molecule has 0 aliphatic carbocycles. The van der Waals surface area contributed by atoms with Gasteiger partial charge >= 0.3 is 6.18 Å². The molecule has 1 aliphatic rings. The Hall–Kier alpha value is -2.84. The highest BCUT2D eigenvalue weighted by Gasteiger charge is 2.38. The molecule has 4 heterocycles. The summed E-state index contributed by atoms with van der Waals surface area (Å²) >= 11 is 0. The van der Waals surface area contributed by atoms with Gasteiger partial charge in [0.1, 0.15) is 0 Å². The molecule has 0 atom stereocenters. The molecule has 124 valence electrons. The number of nitrogens with one attached hydrogen (secondary N) is 1. The highest BCUT2D eigenvalue weighted by Crippen LogP contribution is 2.31. The minimum Gasteiger partial charge on any atom is -0.347 e. The molecule has 0 unspecified atom stereocenters. The summed E-state index contributed by atoms with van der Waals surface area (Å²) in [6, 6.07) is 4.51. The van der Waals surface area contributed by atoms with E-state index in [-0.39, 0.29) is 17.8 Å². The van der Waals surface area contributed by atoms with E-state index in [9.17, 15) is 18.0 Å². The van der Waals surface area contributed by atoms with E-state index in [1.807, 2.05) is 0 Å². The minimum absolute atomic E-state index is 0.144. The Morgan fingerprint density at radius 1 is 1.29 bits per heavy atom. The third-order valence-corrected chi connectivity index (χ3v) is 4.07. The number of imidazole rings is 2. The number of halogens is 3. The van der Waals surface area contributed by atoms with Crippen LogP contribution in [0, 0.1) is 0 Å². The highest BCUT2D eigenvalue weighted by molar-refractivity contribution is 5.99. The molecule has 6 nitrogen and oxygen atoms in total. The zero-order valence-corrected chi connectivity index (χ0v) is 12.3. The van der Waals surface area contributed by atoms with Crippen LogP contribution in [0.2, 0.25) is 0 Å². The number of fused-ring (bicyclic) bond motifs is 2. The highest BCUT2D eigenvalue weighted by atomic mass is 19.4. The van der Waals surface area contributed by atoms with Gasteiger partial charge in [0.15, 0.2) is 5.69 Å². The van der Waals surface area contributed by atoms with Crippen LogP contribution in [0.25, 0.3) is 5.52 Å². The van der Waals surface area contributed by atoms with Crippen molar-refractivity contribution in [1.29, 1.82) is 0 Å². The second kappa shape index (κ2) is 5.08. The molecule has 24 heavy (non-hydrogen) atoms. The van der Waals surface area contributed by atoms with Crippen LogP contribution in [0.4, 0.5) is 13.2 Å². The van der Waals surface area contributed by atoms with Crippen LogP contribution in [0.3, 0.4) is 0 Å². The number of amides is 1. The molecular weight excluding hydrogens is 323 g/mol. The molecule has 0 spiro atoms. The quantitative estimate of drug-likeness (QED) is 0.742. The van der Waals surface area contributed by atoms with E-state index in [2.05, 4.69) is 15.0 Å².